The van der Waals surface area contributed by atoms with E-state index in [1.165, 1.54) is 0 Å². The zero-order valence-electron chi connectivity index (χ0n) is 8.86. The van der Waals surface area contributed by atoms with Crippen LogP contribution >= 0.6 is 0 Å². The third kappa shape index (κ3) is 1.54. The van der Waals surface area contributed by atoms with Gasteiger partial charge in [0.05, 0.1) is 12.1 Å². The van der Waals surface area contributed by atoms with Crippen LogP contribution in [0.5, 0.6) is 0 Å². The Labute approximate surface area is 88.7 Å². The minimum Gasteiger partial charge on any atom is -0.328 e. The number of nitrogens with zero attached hydrogens (tertiary/aromatic N) is 1. The minimum atomic E-state index is -0.0415. The SMILES string of the molecule is CC(C)N1CC(=O)c2ccccc2C1=O. The van der Waals surface area contributed by atoms with E-state index >= 15 is 0 Å². The smallest absolute Gasteiger partial charge is 0.255 e. The summed E-state index contributed by atoms with van der Waals surface area (Å²) in [4.78, 5) is 25.3. The first-order valence-electron chi connectivity index (χ1n) is 5.04. The molecule has 1 heterocycles. The molecule has 0 unspecified atom stereocenters. The molecule has 0 saturated heterocycles. The Bertz CT molecular complexity index is 423. The molecule has 0 radical (unpaired) electrons. The van der Waals surface area contributed by atoms with E-state index in [1.807, 2.05) is 13.8 Å². The molecule has 15 heavy (non-hydrogen) atoms. The number of fused-ring (bicyclic) bond motifs is 1. The van der Waals surface area contributed by atoms with Crippen LogP contribution in [0.1, 0.15) is 34.6 Å². The molecule has 0 atom stereocenters. The van der Waals surface area contributed by atoms with Crippen molar-refractivity contribution in [2.45, 2.75) is 19.9 Å². The molecular formula is C12H13NO2. The van der Waals surface area contributed by atoms with Crippen molar-refractivity contribution in [2.75, 3.05) is 6.54 Å². The van der Waals surface area contributed by atoms with Gasteiger partial charge in [0.1, 0.15) is 0 Å². The summed E-state index contributed by atoms with van der Waals surface area (Å²) in [6.07, 6.45) is 0. The largest absolute Gasteiger partial charge is 0.328 e. The molecule has 0 saturated carbocycles. The topological polar surface area (TPSA) is 37.4 Å². The summed E-state index contributed by atoms with van der Waals surface area (Å²) < 4.78 is 0. The van der Waals surface area contributed by atoms with Gasteiger partial charge in [-0.3, -0.25) is 9.59 Å². The maximum Gasteiger partial charge on any atom is 0.255 e. The zero-order valence-corrected chi connectivity index (χ0v) is 8.86. The second-order valence-corrected chi connectivity index (χ2v) is 4.00. The molecule has 3 heteroatoms. The average Bonchev–Trinajstić information content (AvgIpc) is 2.23. The summed E-state index contributed by atoms with van der Waals surface area (Å²) in [6, 6.07) is 7.06. The minimum absolute atomic E-state index is 0.0268. The van der Waals surface area contributed by atoms with E-state index in [9.17, 15) is 9.59 Å². The van der Waals surface area contributed by atoms with Crippen LogP contribution in [-0.2, 0) is 0 Å². The van der Waals surface area contributed by atoms with Gasteiger partial charge in [-0.05, 0) is 19.9 Å². The van der Waals surface area contributed by atoms with Crippen LogP contribution in [-0.4, -0.2) is 29.2 Å². The zero-order chi connectivity index (χ0) is 11.0. The van der Waals surface area contributed by atoms with Crippen molar-refractivity contribution in [2.24, 2.45) is 0 Å². The van der Waals surface area contributed by atoms with Gasteiger partial charge in [0.25, 0.3) is 5.91 Å². The number of rotatable bonds is 1. The predicted octanol–water partition coefficient (Wildman–Crippen LogP) is 1.73. The summed E-state index contributed by atoms with van der Waals surface area (Å²) in [5.41, 5.74) is 1.09. The lowest BCUT2D eigenvalue weighted by Crippen LogP contribution is -2.45. The second kappa shape index (κ2) is 3.50. The lowest BCUT2D eigenvalue weighted by atomic mass is 9.97. The summed E-state index contributed by atoms with van der Waals surface area (Å²) in [7, 11) is 0. The number of ketones is 1. The van der Waals surface area contributed by atoms with E-state index in [-0.39, 0.29) is 24.3 Å². The summed E-state index contributed by atoms with van der Waals surface area (Å²) in [5, 5.41) is 0. The number of carbonyl (C=O) groups is 2. The van der Waals surface area contributed by atoms with Crippen LogP contribution in [0.15, 0.2) is 24.3 Å². The van der Waals surface area contributed by atoms with Gasteiger partial charge < -0.3 is 4.90 Å². The van der Waals surface area contributed by atoms with Crippen LogP contribution in [0, 0.1) is 0 Å². The number of hydrogen-bond acceptors (Lipinski definition) is 2. The maximum atomic E-state index is 12.0. The first kappa shape index (κ1) is 9.90. The van der Waals surface area contributed by atoms with Crippen molar-refractivity contribution in [1.29, 1.82) is 0 Å². The second-order valence-electron chi connectivity index (χ2n) is 4.00. The monoisotopic (exact) mass is 203 g/mol. The Balaban J connectivity index is 2.49. The van der Waals surface area contributed by atoms with Gasteiger partial charge in [0, 0.05) is 11.6 Å². The molecule has 0 N–H and O–H groups in total. The van der Waals surface area contributed by atoms with E-state index in [1.54, 1.807) is 29.2 Å². The van der Waals surface area contributed by atoms with E-state index in [2.05, 4.69) is 0 Å². The van der Waals surface area contributed by atoms with Gasteiger partial charge >= 0.3 is 0 Å². The fourth-order valence-electron chi connectivity index (χ4n) is 1.80. The first-order chi connectivity index (χ1) is 7.11. The van der Waals surface area contributed by atoms with E-state index in [0.29, 0.717) is 11.1 Å². The highest BCUT2D eigenvalue weighted by atomic mass is 16.2. The number of amides is 1. The van der Waals surface area contributed by atoms with Gasteiger partial charge in [-0.25, -0.2) is 0 Å². The Morgan fingerprint density at radius 1 is 1.13 bits per heavy atom. The van der Waals surface area contributed by atoms with Gasteiger partial charge in [-0.1, -0.05) is 18.2 Å². The third-order valence-corrected chi connectivity index (χ3v) is 2.66. The Morgan fingerprint density at radius 2 is 1.73 bits per heavy atom. The maximum absolute atomic E-state index is 12.0. The highest BCUT2D eigenvalue weighted by Crippen LogP contribution is 2.20. The molecule has 2 rings (SSSR count). The van der Waals surface area contributed by atoms with E-state index in [4.69, 9.17) is 0 Å². The number of carbonyl (C=O) groups excluding carboxylic acids is 2. The fraction of sp³-hybridized carbons (Fsp3) is 0.333. The molecule has 1 aromatic rings. The Morgan fingerprint density at radius 3 is 2.33 bits per heavy atom. The Kier molecular flexibility index (Phi) is 2.31. The molecule has 1 aliphatic heterocycles. The molecular weight excluding hydrogens is 190 g/mol. The third-order valence-electron chi connectivity index (χ3n) is 2.66. The Hall–Kier alpha value is -1.64. The quantitative estimate of drug-likeness (QED) is 0.697. The summed E-state index contributed by atoms with van der Waals surface area (Å²) in [6.45, 7) is 4.03. The van der Waals surface area contributed by atoms with E-state index < -0.39 is 0 Å². The number of hydrogen-bond donors (Lipinski definition) is 0. The molecule has 1 aromatic carbocycles. The molecule has 0 aliphatic carbocycles. The molecule has 0 fully saturated rings. The van der Waals surface area contributed by atoms with Crippen molar-refractivity contribution in [1.82, 2.24) is 4.90 Å². The van der Waals surface area contributed by atoms with Crippen LogP contribution in [0.4, 0.5) is 0 Å². The first-order valence-corrected chi connectivity index (χ1v) is 5.04. The van der Waals surface area contributed by atoms with Crippen molar-refractivity contribution >= 4 is 11.7 Å². The molecule has 0 spiro atoms. The molecule has 1 amide bonds. The molecule has 1 aliphatic rings. The van der Waals surface area contributed by atoms with Gasteiger partial charge in [0.2, 0.25) is 0 Å². The highest BCUT2D eigenvalue weighted by molar-refractivity contribution is 6.13. The highest BCUT2D eigenvalue weighted by Gasteiger charge is 2.30. The van der Waals surface area contributed by atoms with Crippen molar-refractivity contribution < 1.29 is 9.59 Å². The molecule has 0 aromatic heterocycles. The normalized spacial score (nSPS) is 15.8. The van der Waals surface area contributed by atoms with Crippen LogP contribution in [0.2, 0.25) is 0 Å². The van der Waals surface area contributed by atoms with Gasteiger partial charge in [-0.2, -0.15) is 0 Å². The summed E-state index contributed by atoms with van der Waals surface area (Å²) >= 11 is 0. The van der Waals surface area contributed by atoms with Gasteiger partial charge in [-0.15, -0.1) is 0 Å². The predicted molar refractivity (Wildman–Crippen MR) is 56.9 cm³/mol. The van der Waals surface area contributed by atoms with Crippen LogP contribution in [0.3, 0.4) is 0 Å². The standard InChI is InChI=1S/C12H13NO2/c1-8(2)13-7-11(14)9-5-3-4-6-10(9)12(13)15/h3-6,8H,7H2,1-2H3. The van der Waals surface area contributed by atoms with Crippen molar-refractivity contribution in [3.63, 3.8) is 0 Å². The molecule has 0 bridgehead atoms. The van der Waals surface area contributed by atoms with Crippen LogP contribution in [0.25, 0.3) is 0 Å². The molecule has 3 nitrogen and oxygen atoms in total. The fourth-order valence-corrected chi connectivity index (χ4v) is 1.80. The summed E-state index contributed by atoms with van der Waals surface area (Å²) in [5.74, 6) is -0.0147. The van der Waals surface area contributed by atoms with E-state index in [0.717, 1.165) is 0 Å². The van der Waals surface area contributed by atoms with Crippen molar-refractivity contribution in [3.05, 3.63) is 35.4 Å². The average molecular weight is 203 g/mol. The lowest BCUT2D eigenvalue weighted by Gasteiger charge is -2.30. The van der Waals surface area contributed by atoms with Crippen LogP contribution < -0.4 is 0 Å². The van der Waals surface area contributed by atoms with Gasteiger partial charge in [0.15, 0.2) is 5.78 Å². The molecule has 78 valence electrons. The number of benzene rings is 1. The number of Topliss-reactive ketones (excluding diaryl/α,β-unsaturated/α-hetero) is 1. The van der Waals surface area contributed by atoms with Crippen molar-refractivity contribution in [3.8, 4) is 0 Å². The lowest BCUT2D eigenvalue weighted by molar-refractivity contribution is 0.0633.